The molecule has 2 aromatic carbocycles. The van der Waals surface area contributed by atoms with Crippen LogP contribution in [-0.4, -0.2) is 38.9 Å². The molecule has 0 spiro atoms. The highest BCUT2D eigenvalue weighted by Gasteiger charge is 2.23. The van der Waals surface area contributed by atoms with Crippen LogP contribution >= 0.6 is 0 Å². The van der Waals surface area contributed by atoms with Crippen LogP contribution in [0.15, 0.2) is 54.6 Å². The third kappa shape index (κ3) is 3.55. The Morgan fingerprint density at radius 3 is 2.52 bits per heavy atom. The molecule has 5 heteroatoms. The number of carbonyl (C=O) groups excluding carboxylic acids is 1. The average Bonchev–Trinajstić information content (AvgIpc) is 3.06. The Balaban J connectivity index is 1.33. The Labute approximate surface area is 147 Å². The first-order valence-corrected chi connectivity index (χ1v) is 8.89. The molecule has 1 amide bonds. The molecule has 1 fully saturated rings. The number of nitrogens with zero attached hydrogens (tertiary/aromatic N) is 4. The van der Waals surface area contributed by atoms with Crippen LogP contribution in [0.1, 0.15) is 18.4 Å². The smallest absolute Gasteiger partial charge is 0.244 e. The zero-order valence-corrected chi connectivity index (χ0v) is 14.2. The van der Waals surface area contributed by atoms with Crippen molar-refractivity contribution in [3.05, 3.63) is 60.2 Å². The Hall–Kier alpha value is -2.69. The Kier molecular flexibility index (Phi) is 4.46. The number of likely N-dealkylation sites (tertiary alicyclic amines) is 1. The molecule has 1 aliphatic rings. The lowest BCUT2D eigenvalue weighted by atomic mass is 9.90. The second-order valence-electron chi connectivity index (χ2n) is 6.75. The van der Waals surface area contributed by atoms with E-state index in [9.17, 15) is 4.79 Å². The zero-order valence-electron chi connectivity index (χ0n) is 14.2. The molecule has 128 valence electrons. The summed E-state index contributed by atoms with van der Waals surface area (Å²) in [6.07, 6.45) is 3.24. The summed E-state index contributed by atoms with van der Waals surface area (Å²) in [7, 11) is 0. The fourth-order valence-corrected chi connectivity index (χ4v) is 3.60. The van der Waals surface area contributed by atoms with Crippen molar-refractivity contribution in [1.29, 1.82) is 0 Å². The summed E-state index contributed by atoms with van der Waals surface area (Å²) in [6, 6.07) is 18.4. The van der Waals surface area contributed by atoms with Crippen molar-refractivity contribution in [2.45, 2.75) is 25.8 Å². The number of amides is 1. The molecule has 1 saturated heterocycles. The first-order chi connectivity index (χ1) is 12.3. The summed E-state index contributed by atoms with van der Waals surface area (Å²) < 4.78 is 1.70. The zero-order chi connectivity index (χ0) is 17.1. The van der Waals surface area contributed by atoms with Crippen LogP contribution in [0.3, 0.4) is 0 Å². The first-order valence-electron chi connectivity index (χ1n) is 8.89. The van der Waals surface area contributed by atoms with Gasteiger partial charge in [-0.15, -0.1) is 5.10 Å². The number of hydrogen-bond donors (Lipinski definition) is 0. The molecule has 0 bridgehead atoms. The van der Waals surface area contributed by atoms with Gasteiger partial charge in [0.05, 0.1) is 5.52 Å². The SMILES string of the molecule is O=C(Cn1nnc2ccccc21)N1CCC(Cc2ccccc2)CC1. The van der Waals surface area contributed by atoms with Gasteiger partial charge in [0.15, 0.2) is 0 Å². The molecule has 1 aromatic heterocycles. The van der Waals surface area contributed by atoms with E-state index in [1.54, 1.807) is 4.68 Å². The molecule has 0 unspecified atom stereocenters. The lowest BCUT2D eigenvalue weighted by molar-refractivity contribution is -0.133. The molecule has 5 nitrogen and oxygen atoms in total. The van der Waals surface area contributed by atoms with Crippen LogP contribution in [0.2, 0.25) is 0 Å². The van der Waals surface area contributed by atoms with Gasteiger partial charge in [0, 0.05) is 13.1 Å². The van der Waals surface area contributed by atoms with E-state index < -0.39 is 0 Å². The van der Waals surface area contributed by atoms with Crippen molar-refractivity contribution in [2.24, 2.45) is 5.92 Å². The number of rotatable bonds is 4. The van der Waals surface area contributed by atoms with Crippen LogP contribution in [0.25, 0.3) is 11.0 Å². The Morgan fingerprint density at radius 1 is 1.00 bits per heavy atom. The summed E-state index contributed by atoms with van der Waals surface area (Å²) in [4.78, 5) is 14.6. The van der Waals surface area contributed by atoms with E-state index in [-0.39, 0.29) is 12.5 Å². The standard InChI is InChI=1S/C20H22N4O/c25-20(15-24-19-9-5-4-8-18(19)21-22-24)23-12-10-17(11-13-23)14-16-6-2-1-3-7-16/h1-9,17H,10-15H2. The summed E-state index contributed by atoms with van der Waals surface area (Å²) in [5.74, 6) is 0.799. The highest BCUT2D eigenvalue weighted by Crippen LogP contribution is 2.22. The average molecular weight is 334 g/mol. The lowest BCUT2D eigenvalue weighted by Crippen LogP contribution is -2.40. The monoisotopic (exact) mass is 334 g/mol. The number of carbonyl (C=O) groups is 1. The Bertz CT molecular complexity index is 850. The van der Waals surface area contributed by atoms with Crippen LogP contribution in [0.4, 0.5) is 0 Å². The second kappa shape index (κ2) is 7.05. The van der Waals surface area contributed by atoms with E-state index in [0.29, 0.717) is 5.92 Å². The first kappa shape index (κ1) is 15.8. The van der Waals surface area contributed by atoms with Crippen LogP contribution in [0.5, 0.6) is 0 Å². The maximum Gasteiger partial charge on any atom is 0.244 e. The molecule has 0 N–H and O–H groups in total. The third-order valence-electron chi connectivity index (χ3n) is 5.04. The topological polar surface area (TPSA) is 51.0 Å². The summed E-state index contributed by atoms with van der Waals surface area (Å²) in [5, 5.41) is 8.24. The number of hydrogen-bond acceptors (Lipinski definition) is 3. The molecule has 25 heavy (non-hydrogen) atoms. The van der Waals surface area contributed by atoms with Crippen molar-refractivity contribution < 1.29 is 4.79 Å². The minimum Gasteiger partial charge on any atom is -0.341 e. The molecule has 4 rings (SSSR count). The maximum absolute atomic E-state index is 12.6. The number of aromatic nitrogens is 3. The van der Waals surface area contributed by atoms with Crippen molar-refractivity contribution in [2.75, 3.05) is 13.1 Å². The van der Waals surface area contributed by atoms with Gasteiger partial charge in [-0.25, -0.2) is 4.68 Å². The third-order valence-corrected chi connectivity index (χ3v) is 5.04. The van der Waals surface area contributed by atoms with Gasteiger partial charge in [0.2, 0.25) is 5.91 Å². The Morgan fingerprint density at radius 2 is 1.72 bits per heavy atom. The van der Waals surface area contributed by atoms with E-state index in [4.69, 9.17) is 0 Å². The number of para-hydroxylation sites is 1. The molecule has 0 aliphatic carbocycles. The van der Waals surface area contributed by atoms with Gasteiger partial charge < -0.3 is 4.90 Å². The van der Waals surface area contributed by atoms with Crippen molar-refractivity contribution in [3.63, 3.8) is 0 Å². The lowest BCUT2D eigenvalue weighted by Gasteiger charge is -2.32. The van der Waals surface area contributed by atoms with E-state index in [1.165, 1.54) is 5.56 Å². The summed E-state index contributed by atoms with van der Waals surface area (Å²) in [6.45, 7) is 1.94. The predicted octanol–water partition coefficient (Wildman–Crippen LogP) is 2.91. The summed E-state index contributed by atoms with van der Waals surface area (Å²) in [5.41, 5.74) is 3.13. The van der Waals surface area contributed by atoms with Crippen molar-refractivity contribution >= 4 is 16.9 Å². The number of piperidine rings is 1. The fraction of sp³-hybridized carbons (Fsp3) is 0.350. The van der Waals surface area contributed by atoms with Gasteiger partial charge >= 0.3 is 0 Å². The predicted molar refractivity (Wildman–Crippen MR) is 97.0 cm³/mol. The number of benzene rings is 2. The van der Waals surface area contributed by atoms with Crippen LogP contribution in [0, 0.1) is 5.92 Å². The van der Waals surface area contributed by atoms with E-state index in [2.05, 4.69) is 40.6 Å². The second-order valence-corrected chi connectivity index (χ2v) is 6.75. The van der Waals surface area contributed by atoms with Gasteiger partial charge in [-0.05, 0) is 42.9 Å². The molecule has 0 atom stereocenters. The van der Waals surface area contributed by atoms with E-state index in [1.807, 2.05) is 29.2 Å². The minimum absolute atomic E-state index is 0.133. The van der Waals surface area contributed by atoms with Crippen molar-refractivity contribution in [1.82, 2.24) is 19.9 Å². The quantitative estimate of drug-likeness (QED) is 0.737. The van der Waals surface area contributed by atoms with Gasteiger partial charge in [0.25, 0.3) is 0 Å². The molecule has 1 aliphatic heterocycles. The molecular weight excluding hydrogens is 312 g/mol. The van der Waals surface area contributed by atoms with Gasteiger partial charge in [-0.1, -0.05) is 47.7 Å². The normalized spacial score (nSPS) is 15.6. The molecule has 3 aromatic rings. The largest absolute Gasteiger partial charge is 0.341 e. The van der Waals surface area contributed by atoms with E-state index in [0.717, 1.165) is 43.4 Å². The molecular formula is C20H22N4O. The number of fused-ring (bicyclic) bond motifs is 1. The fourth-order valence-electron chi connectivity index (χ4n) is 3.60. The van der Waals surface area contributed by atoms with Crippen LogP contribution < -0.4 is 0 Å². The molecule has 0 saturated carbocycles. The van der Waals surface area contributed by atoms with Gasteiger partial charge in [-0.2, -0.15) is 0 Å². The maximum atomic E-state index is 12.6. The van der Waals surface area contributed by atoms with Gasteiger partial charge in [0.1, 0.15) is 12.1 Å². The van der Waals surface area contributed by atoms with Crippen molar-refractivity contribution in [3.8, 4) is 0 Å². The minimum atomic E-state index is 0.133. The van der Waals surface area contributed by atoms with Crippen LogP contribution in [-0.2, 0) is 17.8 Å². The highest BCUT2D eigenvalue weighted by atomic mass is 16.2. The van der Waals surface area contributed by atoms with Gasteiger partial charge in [-0.3, -0.25) is 4.79 Å². The van der Waals surface area contributed by atoms with E-state index >= 15 is 0 Å². The molecule has 0 radical (unpaired) electrons. The molecule has 2 heterocycles. The highest BCUT2D eigenvalue weighted by molar-refractivity contribution is 5.79. The summed E-state index contributed by atoms with van der Waals surface area (Å²) >= 11 is 0.